The Morgan fingerprint density at radius 2 is 1.46 bits per heavy atom. The number of piperazine rings is 2. The minimum absolute atomic E-state index is 0.00381. The van der Waals surface area contributed by atoms with E-state index in [1.54, 1.807) is 43.3 Å². The molecule has 5 amide bonds. The first kappa shape index (κ1) is 77.2. The third-order valence-corrected chi connectivity index (χ3v) is 24.7. The molecule has 20 nitrogen and oxygen atoms in total. The van der Waals surface area contributed by atoms with Crippen LogP contribution in [0.3, 0.4) is 0 Å². The summed E-state index contributed by atoms with van der Waals surface area (Å²) in [6, 6.07) is 30.3. The number of sulfonamides is 1. The minimum Gasteiger partial charge on any atom is -0.391 e. The predicted molar refractivity (Wildman–Crippen MR) is 393 cm³/mol. The number of hydrogen-bond acceptors (Lipinski definition) is 17. The maximum atomic E-state index is 14.6. The summed E-state index contributed by atoms with van der Waals surface area (Å²) in [6.07, 6.45) is 1.93. The highest BCUT2D eigenvalue weighted by molar-refractivity contribution is 7.99. The Balaban J connectivity index is 0.725. The third kappa shape index (κ3) is 19.5. The molecule has 0 spiro atoms. The fourth-order valence-electron chi connectivity index (χ4n) is 13.5. The average molecular weight is 1500 g/mol. The van der Waals surface area contributed by atoms with Crippen molar-refractivity contribution < 1.29 is 59.1 Å². The summed E-state index contributed by atoms with van der Waals surface area (Å²) in [7, 11) is -11.2. The molecule has 3 fully saturated rings. The molecule has 28 heteroatoms. The average Bonchev–Trinajstić information content (AvgIpc) is 0.912. The number of carbonyl (C=O) groups excluding carboxylic acids is 5. The normalized spacial score (nSPS) is 18.9. The number of aromatic nitrogens is 1. The molecule has 4 aliphatic rings. The maximum Gasteiger partial charge on any atom is 0.501 e. The molecule has 0 saturated carbocycles. The van der Waals surface area contributed by atoms with Crippen LogP contribution in [0.2, 0.25) is 5.02 Å². The number of nitrogens with zero attached hydrogens (tertiary/aromatic N) is 6. The lowest BCUT2D eigenvalue weighted by Gasteiger charge is -2.39. The van der Waals surface area contributed by atoms with Gasteiger partial charge in [0, 0.05) is 124 Å². The molecule has 0 unspecified atom stereocenters. The van der Waals surface area contributed by atoms with Crippen LogP contribution >= 0.6 is 34.7 Å². The molecule has 1 aliphatic carbocycles. The number of allylic oxidation sites excluding steroid dienone is 1. The number of sulfone groups is 1. The first-order valence-electron chi connectivity index (χ1n) is 34.3. The Morgan fingerprint density at radius 3 is 2.10 bits per heavy atom. The van der Waals surface area contributed by atoms with Gasteiger partial charge in [0.15, 0.2) is 0 Å². The van der Waals surface area contributed by atoms with E-state index in [4.69, 9.17) is 11.6 Å². The van der Waals surface area contributed by atoms with Gasteiger partial charge < -0.3 is 35.8 Å². The van der Waals surface area contributed by atoms with Gasteiger partial charge in [-0.15, -0.1) is 23.1 Å². The molecule has 5 atom stereocenters. The van der Waals surface area contributed by atoms with Gasteiger partial charge in [0.05, 0.1) is 38.8 Å². The van der Waals surface area contributed by atoms with Gasteiger partial charge in [-0.25, -0.2) is 26.5 Å². The summed E-state index contributed by atoms with van der Waals surface area (Å²) >= 11 is 9.13. The van der Waals surface area contributed by atoms with Crippen LogP contribution in [0.25, 0.3) is 16.0 Å². The Kier molecular flexibility index (Phi) is 24.8. The van der Waals surface area contributed by atoms with Crippen molar-refractivity contribution in [3.05, 3.63) is 160 Å². The van der Waals surface area contributed by atoms with Gasteiger partial charge in [-0.2, -0.15) is 13.2 Å². The SMILES string of the molecule is Cc1ncsc1-c1ccc([C@H](C)NC(=O)[C@@H]2C[C@@H](O)CN2C(=O)[C@@H](NC(=O)CCC(=O)N2CCN(CC[C@H](CSc3ccccc3)Nc3ccc(S(=O)(=O)NC(=O)c4ccc(N5CCN(CC6=C(c7ccc(Cl)cc7)CCC(C)(C)C6)CC5)cc4)cc3S(=O)(=O)C(F)(F)F)CC2)C(C)(C)C)cc1. The van der Waals surface area contributed by atoms with Gasteiger partial charge in [0.2, 0.25) is 23.6 Å². The molecular weight excluding hydrogens is 1410 g/mol. The number of alkyl halides is 3. The van der Waals surface area contributed by atoms with E-state index in [2.05, 4.69) is 56.7 Å². The number of aryl methyl sites for hydroxylation is 1. The van der Waals surface area contributed by atoms with Crippen LogP contribution in [0, 0.1) is 17.8 Å². The van der Waals surface area contributed by atoms with E-state index in [0.717, 1.165) is 83.3 Å². The molecular formula is C74H90ClF3N10O10S4. The summed E-state index contributed by atoms with van der Waals surface area (Å²) < 4.78 is 100. The second-order valence-corrected chi connectivity index (χ2v) is 34.6. The quantitative estimate of drug-likeness (QED) is 0.0334. The van der Waals surface area contributed by atoms with Crippen molar-refractivity contribution in [2.24, 2.45) is 10.8 Å². The molecule has 10 rings (SSSR count). The largest absolute Gasteiger partial charge is 0.501 e. The van der Waals surface area contributed by atoms with E-state index in [1.165, 1.54) is 56.8 Å². The van der Waals surface area contributed by atoms with Crippen LogP contribution in [0.15, 0.2) is 147 Å². The number of anilines is 2. The number of carbonyl (C=O) groups is 5. The number of amides is 5. The fourth-order valence-corrected chi connectivity index (χ4v) is 17.5. The molecule has 3 aliphatic heterocycles. The smallest absolute Gasteiger partial charge is 0.391 e. The highest BCUT2D eigenvalue weighted by Gasteiger charge is 2.49. The summed E-state index contributed by atoms with van der Waals surface area (Å²) in [5.74, 6) is -2.70. The predicted octanol–water partition coefficient (Wildman–Crippen LogP) is 11.2. The number of β-amino-alcohol motifs (C(OH)–C–C–N with tert-alkyl or cyclic N) is 1. The van der Waals surface area contributed by atoms with Crippen LogP contribution < -0.4 is 25.6 Å². The van der Waals surface area contributed by atoms with E-state index in [0.29, 0.717) is 43.8 Å². The zero-order valence-electron chi connectivity index (χ0n) is 58.4. The van der Waals surface area contributed by atoms with Crippen molar-refractivity contribution in [3.63, 3.8) is 0 Å². The van der Waals surface area contributed by atoms with Crippen molar-refractivity contribution in [3.8, 4) is 10.4 Å². The summed E-state index contributed by atoms with van der Waals surface area (Å²) in [5.41, 5.74) is 2.28. The zero-order chi connectivity index (χ0) is 73.5. The molecule has 5 aromatic carbocycles. The number of aliphatic hydroxyl groups excluding tert-OH is 1. The molecule has 102 heavy (non-hydrogen) atoms. The van der Waals surface area contributed by atoms with Gasteiger partial charge in [-0.1, -0.05) is 106 Å². The topological polar surface area (TPSA) is 251 Å². The summed E-state index contributed by atoms with van der Waals surface area (Å²) in [4.78, 5) is 82.7. The Morgan fingerprint density at radius 1 is 0.804 bits per heavy atom. The summed E-state index contributed by atoms with van der Waals surface area (Å²) in [5, 5.41) is 20.3. The lowest BCUT2D eigenvalue weighted by atomic mass is 9.73. The number of hydrogen-bond donors (Lipinski definition) is 5. The Hall–Kier alpha value is -7.37. The number of thioether (sulfide) groups is 1. The monoisotopic (exact) mass is 1500 g/mol. The van der Waals surface area contributed by atoms with Crippen molar-refractivity contribution in [1.29, 1.82) is 0 Å². The molecule has 3 saturated heterocycles. The summed E-state index contributed by atoms with van der Waals surface area (Å²) in [6.45, 7) is 19.0. The molecule has 0 bridgehead atoms. The molecule has 0 radical (unpaired) electrons. The van der Waals surface area contributed by atoms with E-state index >= 15 is 0 Å². The number of aliphatic hydroxyl groups is 1. The van der Waals surface area contributed by atoms with E-state index in [9.17, 15) is 59.1 Å². The second kappa shape index (κ2) is 32.7. The van der Waals surface area contributed by atoms with Crippen molar-refractivity contribution in [2.45, 2.75) is 144 Å². The molecule has 5 N–H and O–H groups in total. The fraction of sp³-hybridized carbons (Fsp3) is 0.459. The number of likely N-dealkylation sites (tertiary alicyclic amines) is 1. The number of rotatable bonds is 25. The zero-order valence-corrected chi connectivity index (χ0v) is 62.4. The van der Waals surface area contributed by atoms with E-state index < -0.39 is 100 Å². The van der Waals surface area contributed by atoms with Crippen LogP contribution in [0.5, 0.6) is 0 Å². The highest BCUT2D eigenvalue weighted by atomic mass is 35.5. The van der Waals surface area contributed by atoms with Gasteiger partial charge in [-0.3, -0.25) is 33.8 Å². The Bertz CT molecular complexity index is 4240. The lowest BCUT2D eigenvalue weighted by molar-refractivity contribution is -0.144. The third-order valence-electron chi connectivity index (χ3n) is 19.4. The van der Waals surface area contributed by atoms with Crippen molar-refractivity contribution in [2.75, 3.05) is 88.0 Å². The van der Waals surface area contributed by atoms with E-state index in [1.807, 2.05) is 90.2 Å². The Labute approximate surface area is 609 Å². The minimum atomic E-state index is -6.21. The molecule has 4 heterocycles. The number of benzene rings is 5. The van der Waals surface area contributed by atoms with Crippen molar-refractivity contribution >= 4 is 101 Å². The first-order valence-corrected chi connectivity index (χ1v) is 39.5. The van der Waals surface area contributed by atoms with E-state index in [-0.39, 0.29) is 68.0 Å². The molecule has 6 aromatic rings. The van der Waals surface area contributed by atoms with Gasteiger partial charge >= 0.3 is 5.51 Å². The van der Waals surface area contributed by atoms with Gasteiger partial charge in [-0.05, 0) is 139 Å². The molecule has 1 aromatic heterocycles. The maximum absolute atomic E-state index is 14.6. The second-order valence-electron chi connectivity index (χ2n) is 28.6. The lowest BCUT2D eigenvalue weighted by Crippen LogP contribution is -2.58. The van der Waals surface area contributed by atoms with Gasteiger partial charge in [0.25, 0.3) is 25.8 Å². The number of halogens is 4. The number of nitrogens with one attached hydrogen (secondary N) is 4. The van der Waals surface area contributed by atoms with Crippen LogP contribution in [-0.2, 0) is 39.0 Å². The van der Waals surface area contributed by atoms with Crippen LogP contribution in [0.4, 0.5) is 24.5 Å². The van der Waals surface area contributed by atoms with Crippen molar-refractivity contribution in [1.82, 2.24) is 39.9 Å². The van der Waals surface area contributed by atoms with Crippen LogP contribution in [0.1, 0.15) is 120 Å². The highest BCUT2D eigenvalue weighted by Crippen LogP contribution is 2.44. The number of thiazole rings is 1. The first-order chi connectivity index (χ1) is 48.2. The standard InChI is InChI=1S/C74H90ClF3N10O10S4/c1-48(50-13-15-52(16-14-50)67-49(2)79-47-100-67)80-70(93)63-41-58(89)45-88(63)71(94)68(72(3,4)5)82-65(90)27-28-66(91)87-39-33-84(34-40-87)32-30-56(46-99-59-11-9-8-10-12-59)81-62-26-25-60(42-64(62)101(95,96)74(76,77)78)102(97,98)83-69(92)53-19-23-57(24-20-53)86-37-35-85(36-38-86)44-54-43-73(6,7)31-29-61(54)51-17-21-55(75)22-18-51/h8-26,42,47-48,56,58,63,68,81,89H,27-41,43-46H2,1-7H3,(H,80,93)(H,82,90)(H,83,92)/t48-,56+,58+,63-,68+/m0/s1. The molecule has 548 valence electrons. The van der Waals surface area contributed by atoms with Crippen LogP contribution in [-0.4, -0.2) is 184 Å². The van der Waals surface area contributed by atoms with Gasteiger partial charge in [0.1, 0.15) is 17.0 Å².